The number of hydrogen-bond acceptors (Lipinski definition) is 3. The molecule has 9 aromatic rings. The maximum atomic E-state index is 6.99. The van der Waals surface area contributed by atoms with Crippen LogP contribution in [0.3, 0.4) is 0 Å². The Morgan fingerprint density at radius 1 is 0.423 bits per heavy atom. The Kier molecular flexibility index (Phi) is 6.84. The second-order valence-corrected chi connectivity index (χ2v) is 14.2. The van der Waals surface area contributed by atoms with E-state index in [0.29, 0.717) is 0 Å². The van der Waals surface area contributed by atoms with Crippen LogP contribution in [0.4, 0.5) is 34.1 Å². The number of fused-ring (bicyclic) bond motifs is 10. The van der Waals surface area contributed by atoms with Gasteiger partial charge in [-0.1, -0.05) is 117 Å². The lowest BCUT2D eigenvalue weighted by molar-refractivity contribution is 0.658. The molecule has 248 valence electrons. The van der Waals surface area contributed by atoms with E-state index < -0.39 is 0 Å². The molecule has 0 atom stereocenters. The van der Waals surface area contributed by atoms with Crippen LogP contribution in [-0.4, -0.2) is 0 Å². The molecular formula is C49H36N2O. The SMILES string of the molecule is CC1(C)c2cc(N(c3ccccc3)c3ccccc3)ccc2-c2c1c1ccccc1c1c2oc2ccc(N(c3ccccc3)c3ccccc3)cc21. The third-order valence-corrected chi connectivity index (χ3v) is 10.8. The normalized spacial score (nSPS) is 13.0. The molecule has 3 nitrogen and oxygen atoms in total. The molecule has 0 N–H and O–H groups in total. The molecule has 52 heavy (non-hydrogen) atoms. The van der Waals surface area contributed by atoms with Crippen molar-refractivity contribution in [3.05, 3.63) is 193 Å². The van der Waals surface area contributed by atoms with Gasteiger partial charge < -0.3 is 14.2 Å². The van der Waals surface area contributed by atoms with E-state index in [9.17, 15) is 0 Å². The predicted octanol–water partition coefficient (Wildman–Crippen LogP) is 14.0. The minimum atomic E-state index is -0.269. The van der Waals surface area contributed by atoms with E-state index in [1.807, 2.05) is 0 Å². The lowest BCUT2D eigenvalue weighted by atomic mass is 9.79. The van der Waals surface area contributed by atoms with Crippen LogP contribution in [0.2, 0.25) is 0 Å². The molecule has 8 aromatic carbocycles. The summed E-state index contributed by atoms with van der Waals surface area (Å²) in [5, 5.41) is 4.77. The van der Waals surface area contributed by atoms with Crippen LogP contribution in [0.25, 0.3) is 43.8 Å². The molecule has 1 aliphatic carbocycles. The molecule has 0 spiro atoms. The van der Waals surface area contributed by atoms with Crippen molar-refractivity contribution in [3.8, 4) is 11.1 Å². The number of benzene rings is 8. The van der Waals surface area contributed by atoms with E-state index in [4.69, 9.17) is 4.42 Å². The smallest absolute Gasteiger partial charge is 0.144 e. The van der Waals surface area contributed by atoms with Crippen molar-refractivity contribution in [2.24, 2.45) is 0 Å². The van der Waals surface area contributed by atoms with E-state index in [-0.39, 0.29) is 5.41 Å². The highest BCUT2D eigenvalue weighted by Gasteiger charge is 2.40. The molecule has 1 heterocycles. The first kappa shape index (κ1) is 30.3. The van der Waals surface area contributed by atoms with Crippen LogP contribution in [0.5, 0.6) is 0 Å². The van der Waals surface area contributed by atoms with Crippen molar-refractivity contribution in [3.63, 3.8) is 0 Å². The van der Waals surface area contributed by atoms with Gasteiger partial charge in [-0.2, -0.15) is 0 Å². The summed E-state index contributed by atoms with van der Waals surface area (Å²) in [6, 6.07) is 64.9. The van der Waals surface area contributed by atoms with Crippen LogP contribution in [-0.2, 0) is 5.41 Å². The average Bonchev–Trinajstić information content (AvgIpc) is 3.69. The van der Waals surface area contributed by atoms with Gasteiger partial charge in [0.05, 0.1) is 0 Å². The Balaban J connectivity index is 1.21. The number of rotatable bonds is 6. The predicted molar refractivity (Wildman–Crippen MR) is 218 cm³/mol. The monoisotopic (exact) mass is 668 g/mol. The molecule has 0 bridgehead atoms. The Morgan fingerprint density at radius 2 is 0.885 bits per heavy atom. The highest BCUT2D eigenvalue weighted by Crippen LogP contribution is 2.57. The fourth-order valence-corrected chi connectivity index (χ4v) is 8.49. The summed E-state index contributed by atoms with van der Waals surface area (Å²) in [6.07, 6.45) is 0. The summed E-state index contributed by atoms with van der Waals surface area (Å²) in [7, 11) is 0. The zero-order chi connectivity index (χ0) is 34.8. The number of anilines is 6. The van der Waals surface area contributed by atoms with Crippen LogP contribution in [0.15, 0.2) is 186 Å². The van der Waals surface area contributed by atoms with Gasteiger partial charge in [-0.15, -0.1) is 0 Å². The Morgan fingerprint density at radius 3 is 1.42 bits per heavy atom. The van der Waals surface area contributed by atoms with Gasteiger partial charge in [-0.25, -0.2) is 0 Å². The summed E-state index contributed by atoms with van der Waals surface area (Å²) in [5.41, 5.74) is 13.3. The van der Waals surface area contributed by atoms with Crippen LogP contribution in [0, 0.1) is 0 Å². The van der Waals surface area contributed by atoms with Gasteiger partial charge in [0.15, 0.2) is 0 Å². The van der Waals surface area contributed by atoms with Gasteiger partial charge in [0.2, 0.25) is 0 Å². The van der Waals surface area contributed by atoms with Gasteiger partial charge in [0.25, 0.3) is 0 Å². The second-order valence-electron chi connectivity index (χ2n) is 14.2. The van der Waals surface area contributed by atoms with Crippen molar-refractivity contribution >= 4 is 66.8 Å². The van der Waals surface area contributed by atoms with Gasteiger partial charge in [-0.05, 0) is 106 Å². The number of para-hydroxylation sites is 4. The third kappa shape index (κ3) is 4.59. The quantitative estimate of drug-likeness (QED) is 0.176. The highest BCUT2D eigenvalue weighted by molar-refractivity contribution is 6.25. The Bertz CT molecular complexity index is 2670. The van der Waals surface area contributed by atoms with Crippen LogP contribution < -0.4 is 9.80 Å². The van der Waals surface area contributed by atoms with Crippen LogP contribution >= 0.6 is 0 Å². The highest BCUT2D eigenvalue weighted by atomic mass is 16.3. The summed E-state index contributed by atoms with van der Waals surface area (Å²) in [5.74, 6) is 0. The Labute approximate surface area is 303 Å². The largest absolute Gasteiger partial charge is 0.455 e. The average molecular weight is 669 g/mol. The first-order valence-electron chi connectivity index (χ1n) is 17.9. The zero-order valence-corrected chi connectivity index (χ0v) is 29.1. The fourth-order valence-electron chi connectivity index (χ4n) is 8.49. The molecule has 1 aromatic heterocycles. The van der Waals surface area contributed by atoms with Crippen molar-refractivity contribution in [2.45, 2.75) is 19.3 Å². The summed E-state index contributed by atoms with van der Waals surface area (Å²) < 4.78 is 6.99. The van der Waals surface area contributed by atoms with Gasteiger partial charge >= 0.3 is 0 Å². The summed E-state index contributed by atoms with van der Waals surface area (Å²) in [6.45, 7) is 4.74. The van der Waals surface area contributed by atoms with Gasteiger partial charge in [-0.3, -0.25) is 0 Å². The van der Waals surface area contributed by atoms with E-state index in [2.05, 4.69) is 206 Å². The second kappa shape index (κ2) is 11.8. The molecular weight excluding hydrogens is 633 g/mol. The van der Waals surface area contributed by atoms with Crippen molar-refractivity contribution < 1.29 is 4.42 Å². The number of furan rings is 1. The molecule has 0 amide bonds. The van der Waals surface area contributed by atoms with E-state index in [0.717, 1.165) is 56.1 Å². The van der Waals surface area contributed by atoms with E-state index in [1.54, 1.807) is 0 Å². The van der Waals surface area contributed by atoms with Crippen molar-refractivity contribution in [2.75, 3.05) is 9.80 Å². The maximum absolute atomic E-state index is 6.99. The molecule has 10 rings (SSSR count). The molecule has 0 aliphatic heterocycles. The minimum absolute atomic E-state index is 0.269. The zero-order valence-electron chi connectivity index (χ0n) is 29.1. The van der Waals surface area contributed by atoms with Gasteiger partial charge in [0, 0.05) is 55.9 Å². The van der Waals surface area contributed by atoms with Gasteiger partial charge in [0.1, 0.15) is 11.2 Å². The first-order chi connectivity index (χ1) is 25.6. The topological polar surface area (TPSA) is 19.6 Å². The van der Waals surface area contributed by atoms with Crippen molar-refractivity contribution in [1.29, 1.82) is 0 Å². The molecule has 3 heteroatoms. The molecule has 0 saturated heterocycles. The summed E-state index contributed by atoms with van der Waals surface area (Å²) >= 11 is 0. The first-order valence-corrected chi connectivity index (χ1v) is 17.9. The number of nitrogens with zero attached hydrogens (tertiary/aromatic N) is 2. The third-order valence-electron chi connectivity index (χ3n) is 10.8. The number of hydrogen-bond donors (Lipinski definition) is 0. The lowest BCUT2D eigenvalue weighted by Crippen LogP contribution is -2.17. The minimum Gasteiger partial charge on any atom is -0.455 e. The molecule has 0 fully saturated rings. The van der Waals surface area contributed by atoms with E-state index in [1.165, 1.54) is 33.0 Å². The van der Waals surface area contributed by atoms with Crippen molar-refractivity contribution in [1.82, 2.24) is 0 Å². The maximum Gasteiger partial charge on any atom is 0.144 e. The molecule has 1 aliphatic rings. The fraction of sp³-hybridized carbons (Fsp3) is 0.0612. The molecule has 0 unspecified atom stereocenters. The molecule has 0 radical (unpaired) electrons. The Hall–Kier alpha value is -6.58. The summed E-state index contributed by atoms with van der Waals surface area (Å²) in [4.78, 5) is 4.67. The molecule has 0 saturated carbocycles. The van der Waals surface area contributed by atoms with Crippen LogP contribution in [0.1, 0.15) is 25.0 Å². The lowest BCUT2D eigenvalue weighted by Gasteiger charge is -2.28. The standard InChI is InChI=1S/C49H36N2O/c1-49(2)43-32-38(51(35-21-11-5-12-22-35)36-23-13-6-14-24-36)27-29-41(43)46-47(49)40-26-16-15-25-39(40)45-42-31-37(28-30-44(42)52-48(45)46)50(33-17-7-3-8-18-33)34-19-9-4-10-20-34/h3-32H,1-2H3. The van der Waals surface area contributed by atoms with E-state index >= 15 is 0 Å².